The van der Waals surface area contributed by atoms with Crippen molar-refractivity contribution in [2.75, 3.05) is 19.6 Å². The first-order valence-electron chi connectivity index (χ1n) is 9.10. The van der Waals surface area contributed by atoms with Crippen molar-refractivity contribution in [1.29, 1.82) is 0 Å². The fraction of sp³-hybridized carbons (Fsp3) is 0.526. The maximum Gasteiger partial charge on any atom is 0.325 e. The maximum atomic E-state index is 12.7. The van der Waals surface area contributed by atoms with Gasteiger partial charge in [-0.1, -0.05) is 37.6 Å². The van der Waals surface area contributed by atoms with E-state index in [1.165, 1.54) is 0 Å². The Morgan fingerprint density at radius 1 is 1.22 bits per heavy atom. The minimum atomic E-state index is -1.28. The van der Waals surface area contributed by atoms with Crippen molar-refractivity contribution >= 4 is 29.4 Å². The molecule has 146 valence electrons. The van der Waals surface area contributed by atoms with Gasteiger partial charge in [-0.3, -0.25) is 14.9 Å². The topological polar surface area (TPSA) is 90.0 Å². The summed E-state index contributed by atoms with van der Waals surface area (Å²) in [4.78, 5) is 40.5. The zero-order chi connectivity index (χ0) is 19.8. The van der Waals surface area contributed by atoms with Crippen LogP contribution in [0.15, 0.2) is 24.3 Å². The highest BCUT2D eigenvalue weighted by Crippen LogP contribution is 2.34. The number of aliphatic hydroxyl groups excluding tert-OH is 1. The number of aliphatic hydroxyl groups is 1. The summed E-state index contributed by atoms with van der Waals surface area (Å²) in [5.74, 6) is -0.476. The lowest BCUT2D eigenvalue weighted by molar-refractivity contribution is -0.145. The van der Waals surface area contributed by atoms with Crippen molar-refractivity contribution in [3.63, 3.8) is 0 Å². The zero-order valence-electron chi connectivity index (χ0n) is 15.4. The third kappa shape index (κ3) is 3.66. The van der Waals surface area contributed by atoms with Crippen LogP contribution < -0.4 is 5.32 Å². The molecule has 0 aromatic heterocycles. The van der Waals surface area contributed by atoms with E-state index < -0.39 is 17.6 Å². The van der Waals surface area contributed by atoms with Crippen LogP contribution in [0, 0.1) is 5.92 Å². The van der Waals surface area contributed by atoms with Crippen molar-refractivity contribution in [3.05, 3.63) is 34.9 Å². The minimum absolute atomic E-state index is 0.227. The van der Waals surface area contributed by atoms with Gasteiger partial charge >= 0.3 is 6.03 Å². The Balaban J connectivity index is 1.70. The predicted octanol–water partition coefficient (Wildman–Crippen LogP) is 1.94. The Hall–Kier alpha value is -2.12. The number of benzene rings is 1. The first-order chi connectivity index (χ1) is 12.7. The molecule has 1 unspecified atom stereocenters. The van der Waals surface area contributed by atoms with Crippen LogP contribution in [0.1, 0.15) is 38.4 Å². The number of piperidine rings is 1. The summed E-state index contributed by atoms with van der Waals surface area (Å²) in [5.41, 5.74) is -0.427. The SMILES string of the molecule is CC(C)CN1C(=O)NC(=O)C12CCN(C(=O)C(O)c1ccc(Cl)cc1)CC2. The van der Waals surface area contributed by atoms with Gasteiger partial charge in [0.15, 0.2) is 6.10 Å². The van der Waals surface area contributed by atoms with Gasteiger partial charge in [0.1, 0.15) is 5.54 Å². The standard InChI is InChI=1S/C19H24ClN3O4/c1-12(2)11-23-18(27)21-17(26)19(23)7-9-22(10-8-19)16(25)15(24)13-3-5-14(20)6-4-13/h3-6,12,15,24H,7-11H2,1-2H3,(H,21,26,27). The number of carbonyl (C=O) groups excluding carboxylic acids is 3. The Bertz CT molecular complexity index is 742. The number of likely N-dealkylation sites (tertiary alicyclic amines) is 1. The molecule has 1 spiro atoms. The molecule has 2 aliphatic rings. The molecule has 0 bridgehead atoms. The van der Waals surface area contributed by atoms with Gasteiger partial charge in [-0.2, -0.15) is 0 Å². The zero-order valence-corrected chi connectivity index (χ0v) is 16.2. The minimum Gasteiger partial charge on any atom is -0.378 e. The Kier molecular flexibility index (Phi) is 5.44. The molecule has 3 rings (SSSR count). The number of rotatable bonds is 4. The number of amides is 4. The summed E-state index contributed by atoms with van der Waals surface area (Å²) in [7, 11) is 0. The monoisotopic (exact) mass is 393 g/mol. The molecule has 4 amide bonds. The molecule has 2 heterocycles. The molecule has 1 aromatic carbocycles. The summed E-state index contributed by atoms with van der Waals surface area (Å²) in [6, 6.07) is 6.11. The number of hydrogen-bond donors (Lipinski definition) is 2. The lowest BCUT2D eigenvalue weighted by atomic mass is 9.85. The highest BCUT2D eigenvalue weighted by atomic mass is 35.5. The van der Waals surface area contributed by atoms with Gasteiger partial charge in [-0.05, 0) is 36.5 Å². The Morgan fingerprint density at radius 3 is 2.37 bits per heavy atom. The number of imide groups is 1. The number of hydrogen-bond acceptors (Lipinski definition) is 4. The van der Waals surface area contributed by atoms with Gasteiger partial charge in [0.25, 0.3) is 11.8 Å². The van der Waals surface area contributed by atoms with E-state index in [1.54, 1.807) is 34.1 Å². The van der Waals surface area contributed by atoms with Gasteiger partial charge in [-0.15, -0.1) is 0 Å². The van der Waals surface area contributed by atoms with Crippen molar-refractivity contribution in [2.24, 2.45) is 5.92 Å². The van der Waals surface area contributed by atoms with Gasteiger partial charge in [0.05, 0.1) is 0 Å². The van der Waals surface area contributed by atoms with E-state index >= 15 is 0 Å². The molecule has 2 saturated heterocycles. The lowest BCUT2D eigenvalue weighted by Gasteiger charge is -2.43. The summed E-state index contributed by atoms with van der Waals surface area (Å²) in [6.07, 6.45) is -0.561. The van der Waals surface area contributed by atoms with Gasteiger partial charge in [0, 0.05) is 24.7 Å². The molecule has 2 fully saturated rings. The number of urea groups is 1. The average Bonchev–Trinajstić information content (AvgIpc) is 2.85. The highest BCUT2D eigenvalue weighted by molar-refractivity contribution is 6.30. The average molecular weight is 394 g/mol. The summed E-state index contributed by atoms with van der Waals surface area (Å²) < 4.78 is 0. The normalized spacial score (nSPS) is 20.3. The van der Waals surface area contributed by atoms with E-state index in [-0.39, 0.29) is 17.9 Å². The fourth-order valence-electron chi connectivity index (χ4n) is 3.78. The quantitative estimate of drug-likeness (QED) is 0.765. The first-order valence-corrected chi connectivity index (χ1v) is 9.48. The van der Waals surface area contributed by atoms with E-state index in [2.05, 4.69) is 5.32 Å². The third-order valence-corrected chi connectivity index (χ3v) is 5.53. The Morgan fingerprint density at radius 2 is 1.81 bits per heavy atom. The molecule has 7 nitrogen and oxygen atoms in total. The summed E-state index contributed by atoms with van der Waals surface area (Å²) >= 11 is 5.84. The van der Waals surface area contributed by atoms with Gasteiger partial charge in [0.2, 0.25) is 0 Å². The molecule has 2 aliphatic heterocycles. The molecule has 0 saturated carbocycles. The molecule has 27 heavy (non-hydrogen) atoms. The number of nitrogens with zero attached hydrogens (tertiary/aromatic N) is 2. The van der Waals surface area contributed by atoms with Crippen LogP contribution in [0.4, 0.5) is 4.79 Å². The van der Waals surface area contributed by atoms with Crippen molar-refractivity contribution in [2.45, 2.75) is 38.3 Å². The van der Waals surface area contributed by atoms with Crippen molar-refractivity contribution in [1.82, 2.24) is 15.1 Å². The number of nitrogens with one attached hydrogen (secondary N) is 1. The molecule has 8 heteroatoms. The van der Waals surface area contributed by atoms with Gasteiger partial charge < -0.3 is 14.9 Å². The van der Waals surface area contributed by atoms with E-state index in [0.717, 1.165) is 0 Å². The van der Waals surface area contributed by atoms with Crippen LogP contribution in [0.3, 0.4) is 0 Å². The van der Waals surface area contributed by atoms with Crippen LogP contribution in [-0.2, 0) is 9.59 Å². The second-order valence-corrected chi connectivity index (χ2v) is 8.01. The second kappa shape index (κ2) is 7.48. The second-order valence-electron chi connectivity index (χ2n) is 7.57. The van der Waals surface area contributed by atoms with E-state index in [0.29, 0.717) is 43.1 Å². The fourth-order valence-corrected chi connectivity index (χ4v) is 3.90. The van der Waals surface area contributed by atoms with E-state index in [4.69, 9.17) is 11.6 Å². The molecule has 1 aromatic rings. The molecule has 0 aliphatic carbocycles. The van der Waals surface area contributed by atoms with E-state index in [9.17, 15) is 19.5 Å². The van der Waals surface area contributed by atoms with Crippen LogP contribution in [-0.4, -0.2) is 57.9 Å². The lowest BCUT2D eigenvalue weighted by Crippen LogP contribution is -2.58. The van der Waals surface area contributed by atoms with Crippen molar-refractivity contribution in [3.8, 4) is 0 Å². The van der Waals surface area contributed by atoms with Gasteiger partial charge in [-0.25, -0.2) is 4.79 Å². The number of carbonyl (C=O) groups is 3. The third-order valence-electron chi connectivity index (χ3n) is 5.27. The van der Waals surface area contributed by atoms with Crippen LogP contribution >= 0.6 is 11.6 Å². The molecular formula is C19H24ClN3O4. The number of halogens is 1. The van der Waals surface area contributed by atoms with E-state index in [1.807, 2.05) is 13.8 Å². The highest BCUT2D eigenvalue weighted by Gasteiger charge is 2.54. The van der Waals surface area contributed by atoms with Crippen LogP contribution in [0.2, 0.25) is 5.02 Å². The molecule has 1 atom stereocenters. The van der Waals surface area contributed by atoms with Crippen LogP contribution in [0.5, 0.6) is 0 Å². The van der Waals surface area contributed by atoms with Crippen molar-refractivity contribution < 1.29 is 19.5 Å². The first kappa shape index (κ1) is 19.6. The largest absolute Gasteiger partial charge is 0.378 e. The Labute approximate surface area is 163 Å². The van der Waals surface area contributed by atoms with Crippen LogP contribution in [0.25, 0.3) is 0 Å². The molecule has 0 radical (unpaired) electrons. The smallest absolute Gasteiger partial charge is 0.325 e. The predicted molar refractivity (Wildman–Crippen MR) is 100 cm³/mol. The molecular weight excluding hydrogens is 370 g/mol. The summed E-state index contributed by atoms with van der Waals surface area (Å²) in [5, 5.41) is 13.3. The summed E-state index contributed by atoms with van der Waals surface area (Å²) in [6.45, 7) is 5.08. The molecule has 2 N–H and O–H groups in total. The maximum absolute atomic E-state index is 12.7.